The van der Waals surface area contributed by atoms with Crippen LogP contribution in [0.5, 0.6) is 5.75 Å². The second-order valence-electron chi connectivity index (χ2n) is 6.00. The van der Waals surface area contributed by atoms with E-state index in [0.717, 1.165) is 29.7 Å². The smallest absolute Gasteiger partial charge is 0.274 e. The van der Waals surface area contributed by atoms with Gasteiger partial charge in [-0.3, -0.25) is 19.6 Å². The molecule has 0 fully saturated rings. The highest BCUT2D eigenvalue weighted by molar-refractivity contribution is 5.93. The molecule has 0 radical (unpaired) electrons. The minimum atomic E-state index is -0.601. The number of unbranched alkanes of at least 4 members (excludes halogenated alkanes) is 1. The Morgan fingerprint density at radius 3 is 2.43 bits per heavy atom. The minimum Gasteiger partial charge on any atom is -0.494 e. The number of rotatable bonds is 10. The van der Waals surface area contributed by atoms with Gasteiger partial charge in [-0.2, -0.15) is 0 Å². The van der Waals surface area contributed by atoms with Gasteiger partial charge in [0.1, 0.15) is 5.75 Å². The molecule has 0 aromatic heterocycles. The largest absolute Gasteiger partial charge is 0.494 e. The second-order valence-corrected chi connectivity index (χ2v) is 6.00. The van der Waals surface area contributed by atoms with Gasteiger partial charge in [0, 0.05) is 11.6 Å². The van der Waals surface area contributed by atoms with Crippen molar-refractivity contribution >= 4 is 17.9 Å². The highest BCUT2D eigenvalue weighted by Crippen LogP contribution is 2.13. The van der Waals surface area contributed by atoms with Crippen LogP contribution in [0, 0.1) is 0 Å². The van der Waals surface area contributed by atoms with E-state index >= 15 is 0 Å². The molecule has 7 heteroatoms. The van der Waals surface area contributed by atoms with E-state index in [2.05, 4.69) is 12.4 Å². The van der Waals surface area contributed by atoms with Crippen molar-refractivity contribution in [2.24, 2.45) is 0 Å². The summed E-state index contributed by atoms with van der Waals surface area (Å²) in [6, 6.07) is 14.1. The number of benzene rings is 2. The number of carbonyl (C=O) groups excluding carboxylic acids is 2. The van der Waals surface area contributed by atoms with Crippen molar-refractivity contribution in [1.82, 2.24) is 11.0 Å². The number of hydrogen-bond donors (Lipinski definition) is 3. The van der Waals surface area contributed by atoms with E-state index in [1.54, 1.807) is 42.5 Å². The Morgan fingerprint density at radius 2 is 1.79 bits per heavy atom. The molecule has 0 bridgehead atoms. The van der Waals surface area contributed by atoms with Crippen LogP contribution in [0.25, 0.3) is 6.08 Å². The van der Waals surface area contributed by atoms with Gasteiger partial charge in [-0.25, -0.2) is 11.0 Å². The summed E-state index contributed by atoms with van der Waals surface area (Å²) in [5.41, 5.74) is 6.04. The molecule has 3 N–H and O–H groups in total. The normalized spacial score (nSPS) is 10.6. The Morgan fingerprint density at radius 1 is 1.07 bits per heavy atom. The molecule has 0 aliphatic carbocycles. The van der Waals surface area contributed by atoms with Crippen molar-refractivity contribution in [1.29, 1.82) is 0 Å². The van der Waals surface area contributed by atoms with Gasteiger partial charge >= 0.3 is 0 Å². The zero-order valence-corrected chi connectivity index (χ0v) is 15.7. The van der Waals surface area contributed by atoms with E-state index in [4.69, 9.17) is 14.8 Å². The molecule has 0 unspecified atom stereocenters. The van der Waals surface area contributed by atoms with E-state index < -0.39 is 5.91 Å². The third-order valence-electron chi connectivity index (χ3n) is 3.80. The maximum Gasteiger partial charge on any atom is 0.274 e. The van der Waals surface area contributed by atoms with Crippen LogP contribution in [-0.2, 0) is 16.2 Å². The molecule has 0 saturated carbocycles. The van der Waals surface area contributed by atoms with Gasteiger partial charge < -0.3 is 4.74 Å². The summed E-state index contributed by atoms with van der Waals surface area (Å²) in [5.74, 6) is -0.207. The quantitative estimate of drug-likeness (QED) is 0.253. The van der Waals surface area contributed by atoms with Crippen molar-refractivity contribution in [2.75, 3.05) is 6.61 Å². The molecule has 2 amide bonds. The number of nitrogens with one attached hydrogen (secondary N) is 2. The first kappa shape index (κ1) is 21.1. The standard InChI is InChI=1S/C21H24N2O5/c1-2-3-14-27-19-11-9-18(10-12-19)21(25)23-28-15-17-6-4-16(5-7-17)8-13-20(24)22-26/h4-13,26H,2-3,14-15H2,1H3,(H,22,24)(H,23,25)/b13-8+. The Bertz CT molecular complexity index is 785. The van der Waals surface area contributed by atoms with Gasteiger partial charge in [0.2, 0.25) is 0 Å². The maximum absolute atomic E-state index is 12.1. The van der Waals surface area contributed by atoms with Crippen LogP contribution in [0.2, 0.25) is 0 Å². The number of amides is 2. The molecule has 0 aliphatic rings. The van der Waals surface area contributed by atoms with Crippen molar-refractivity contribution in [3.8, 4) is 5.75 Å². The van der Waals surface area contributed by atoms with Gasteiger partial charge in [-0.05, 0) is 47.9 Å². The fraction of sp³-hybridized carbons (Fsp3) is 0.238. The topological polar surface area (TPSA) is 96.9 Å². The molecule has 0 saturated heterocycles. The third-order valence-corrected chi connectivity index (χ3v) is 3.80. The number of carbonyl (C=O) groups is 2. The van der Waals surface area contributed by atoms with Gasteiger partial charge in [0.05, 0.1) is 13.2 Å². The van der Waals surface area contributed by atoms with E-state index in [0.29, 0.717) is 12.2 Å². The van der Waals surface area contributed by atoms with Crippen LogP contribution in [-0.4, -0.2) is 23.6 Å². The van der Waals surface area contributed by atoms with E-state index in [9.17, 15) is 9.59 Å². The molecular weight excluding hydrogens is 360 g/mol. The fourth-order valence-corrected chi connectivity index (χ4v) is 2.21. The van der Waals surface area contributed by atoms with Gasteiger partial charge in [0.25, 0.3) is 11.8 Å². The lowest BCUT2D eigenvalue weighted by Gasteiger charge is -2.08. The van der Waals surface area contributed by atoms with Crippen LogP contribution in [0.3, 0.4) is 0 Å². The van der Waals surface area contributed by atoms with Crippen LogP contribution in [0.4, 0.5) is 0 Å². The molecule has 0 atom stereocenters. The maximum atomic E-state index is 12.1. The Kier molecular flexibility index (Phi) is 8.71. The molecule has 2 rings (SSSR count). The molecule has 0 aliphatic heterocycles. The zero-order valence-electron chi connectivity index (χ0n) is 15.7. The molecular formula is C21H24N2O5. The van der Waals surface area contributed by atoms with Crippen molar-refractivity contribution in [2.45, 2.75) is 26.4 Å². The van der Waals surface area contributed by atoms with Gasteiger partial charge in [-0.1, -0.05) is 37.6 Å². The Labute approximate surface area is 163 Å². The molecule has 148 valence electrons. The fourth-order valence-electron chi connectivity index (χ4n) is 2.21. The van der Waals surface area contributed by atoms with Crippen LogP contribution in [0.15, 0.2) is 54.6 Å². The molecule has 7 nitrogen and oxygen atoms in total. The summed E-state index contributed by atoms with van der Waals surface area (Å²) in [7, 11) is 0. The van der Waals surface area contributed by atoms with Crippen molar-refractivity contribution < 1.29 is 24.4 Å². The zero-order chi connectivity index (χ0) is 20.2. The first-order valence-electron chi connectivity index (χ1n) is 8.98. The summed E-state index contributed by atoms with van der Waals surface area (Å²) in [4.78, 5) is 28.3. The Hall–Kier alpha value is -3.16. The van der Waals surface area contributed by atoms with Crippen molar-refractivity contribution in [3.63, 3.8) is 0 Å². The SMILES string of the molecule is CCCCOc1ccc(C(=O)NOCc2ccc(/C=C/C(=O)NO)cc2)cc1. The second kappa shape index (κ2) is 11.5. The summed E-state index contributed by atoms with van der Waals surface area (Å²) >= 11 is 0. The summed E-state index contributed by atoms with van der Waals surface area (Å²) in [6.07, 6.45) is 4.84. The molecule has 2 aromatic carbocycles. The van der Waals surface area contributed by atoms with Gasteiger partial charge in [0.15, 0.2) is 0 Å². The monoisotopic (exact) mass is 384 g/mol. The van der Waals surface area contributed by atoms with E-state index in [1.807, 2.05) is 12.1 Å². The predicted molar refractivity (Wildman–Crippen MR) is 105 cm³/mol. The lowest BCUT2D eigenvalue weighted by Crippen LogP contribution is -2.23. The number of hydrogen-bond acceptors (Lipinski definition) is 5. The highest BCUT2D eigenvalue weighted by Gasteiger charge is 2.06. The van der Waals surface area contributed by atoms with Crippen LogP contribution in [0.1, 0.15) is 41.3 Å². The van der Waals surface area contributed by atoms with Crippen molar-refractivity contribution in [3.05, 3.63) is 71.3 Å². The number of ether oxygens (including phenoxy) is 1. The average Bonchev–Trinajstić information content (AvgIpc) is 2.73. The van der Waals surface area contributed by atoms with E-state index in [-0.39, 0.29) is 12.5 Å². The lowest BCUT2D eigenvalue weighted by atomic mass is 10.1. The third kappa shape index (κ3) is 7.22. The highest BCUT2D eigenvalue weighted by atomic mass is 16.6. The first-order chi connectivity index (χ1) is 13.6. The van der Waals surface area contributed by atoms with Crippen LogP contribution >= 0.6 is 0 Å². The lowest BCUT2D eigenvalue weighted by molar-refractivity contribution is -0.124. The van der Waals surface area contributed by atoms with Crippen LogP contribution < -0.4 is 15.7 Å². The minimum absolute atomic E-state index is 0.199. The summed E-state index contributed by atoms with van der Waals surface area (Å²) < 4.78 is 5.56. The summed E-state index contributed by atoms with van der Waals surface area (Å²) in [5, 5.41) is 8.43. The molecule has 28 heavy (non-hydrogen) atoms. The average molecular weight is 384 g/mol. The molecule has 2 aromatic rings. The molecule has 0 spiro atoms. The molecule has 0 heterocycles. The number of hydroxylamine groups is 2. The first-order valence-corrected chi connectivity index (χ1v) is 8.98. The Balaban J connectivity index is 1.77. The predicted octanol–water partition coefficient (Wildman–Crippen LogP) is 3.25. The van der Waals surface area contributed by atoms with E-state index in [1.165, 1.54) is 11.6 Å². The van der Waals surface area contributed by atoms with Gasteiger partial charge in [-0.15, -0.1) is 0 Å². The summed E-state index contributed by atoms with van der Waals surface area (Å²) in [6.45, 7) is 2.96.